The van der Waals surface area contributed by atoms with Crippen LogP contribution in [-0.4, -0.2) is 16.8 Å². The highest BCUT2D eigenvalue weighted by atomic mass is 32.2. The quantitative estimate of drug-likeness (QED) is 0.449. The molecule has 70 valence electrons. The number of thioether (sulfide) groups is 1. The minimum atomic E-state index is 0.371. The largest absolute Gasteiger partial charge is 0.299 e. The number of allylic oxidation sites excluding steroid dienone is 1. The number of carbonyl (C=O) groups is 1. The monoisotopic (exact) mass is 186 g/mol. The molecule has 0 aromatic carbocycles. The summed E-state index contributed by atoms with van der Waals surface area (Å²) in [5.74, 6) is 1.05. The minimum Gasteiger partial charge on any atom is -0.299 e. The van der Waals surface area contributed by atoms with Crippen molar-refractivity contribution in [1.82, 2.24) is 0 Å². The van der Waals surface area contributed by atoms with Crippen molar-refractivity contribution in [2.45, 2.75) is 38.4 Å². The predicted molar refractivity (Wildman–Crippen MR) is 56.6 cm³/mol. The van der Waals surface area contributed by atoms with Crippen LogP contribution in [0.2, 0.25) is 0 Å². The Labute approximate surface area is 79.6 Å². The SMILES string of the molecule is C=CCCCC(=O)CSC(C)C. The number of carbonyl (C=O) groups excluding carboxylic acids is 1. The Morgan fingerprint density at radius 3 is 2.75 bits per heavy atom. The summed E-state index contributed by atoms with van der Waals surface area (Å²) in [6.45, 7) is 7.84. The van der Waals surface area contributed by atoms with Gasteiger partial charge in [0.15, 0.2) is 0 Å². The van der Waals surface area contributed by atoms with Crippen LogP contribution >= 0.6 is 11.8 Å². The number of hydrogen-bond acceptors (Lipinski definition) is 2. The molecule has 0 saturated carbocycles. The molecule has 0 fully saturated rings. The fourth-order valence-corrected chi connectivity index (χ4v) is 1.44. The maximum absolute atomic E-state index is 11.2. The second-order valence-electron chi connectivity index (χ2n) is 3.08. The molecule has 0 saturated heterocycles. The molecule has 0 radical (unpaired) electrons. The summed E-state index contributed by atoms with van der Waals surface area (Å²) in [7, 11) is 0. The lowest BCUT2D eigenvalue weighted by atomic mass is 10.2. The number of Topliss-reactive ketones (excluding diaryl/α,β-unsaturated/α-hetero) is 1. The van der Waals surface area contributed by atoms with Crippen molar-refractivity contribution in [3.8, 4) is 0 Å². The molecule has 0 bridgehead atoms. The highest BCUT2D eigenvalue weighted by Gasteiger charge is 2.02. The van der Waals surface area contributed by atoms with E-state index in [2.05, 4.69) is 20.4 Å². The summed E-state index contributed by atoms with van der Waals surface area (Å²) in [5, 5.41) is 0.563. The molecule has 0 aromatic heterocycles. The third-order valence-corrected chi connectivity index (χ3v) is 2.60. The van der Waals surface area contributed by atoms with Crippen LogP contribution in [0.5, 0.6) is 0 Å². The van der Waals surface area contributed by atoms with Gasteiger partial charge in [0.1, 0.15) is 5.78 Å². The predicted octanol–water partition coefficient (Wildman–Crippen LogP) is 3.05. The van der Waals surface area contributed by atoms with Gasteiger partial charge in [-0.05, 0) is 18.1 Å². The average Bonchev–Trinajstić information content (AvgIpc) is 2.01. The number of hydrogen-bond donors (Lipinski definition) is 0. The molecule has 0 aromatic rings. The van der Waals surface area contributed by atoms with Gasteiger partial charge in [0, 0.05) is 6.42 Å². The summed E-state index contributed by atoms with van der Waals surface area (Å²) in [6.07, 6.45) is 4.49. The first-order chi connectivity index (χ1) is 5.66. The maximum atomic E-state index is 11.2. The minimum absolute atomic E-state index is 0.371. The van der Waals surface area contributed by atoms with Gasteiger partial charge in [-0.3, -0.25) is 4.79 Å². The third-order valence-electron chi connectivity index (χ3n) is 1.44. The highest BCUT2D eigenvalue weighted by Crippen LogP contribution is 2.10. The van der Waals surface area contributed by atoms with E-state index in [1.165, 1.54) is 0 Å². The Kier molecular flexibility index (Phi) is 7.26. The van der Waals surface area contributed by atoms with Crippen LogP contribution in [-0.2, 0) is 4.79 Å². The molecule has 0 aliphatic carbocycles. The summed E-state index contributed by atoms with van der Waals surface area (Å²) in [4.78, 5) is 11.2. The molecule has 0 rings (SSSR count). The van der Waals surface area contributed by atoms with E-state index < -0.39 is 0 Å². The molecule has 0 aliphatic heterocycles. The van der Waals surface area contributed by atoms with E-state index in [9.17, 15) is 4.79 Å². The normalized spacial score (nSPS) is 10.2. The van der Waals surface area contributed by atoms with Crippen molar-refractivity contribution in [2.24, 2.45) is 0 Å². The van der Waals surface area contributed by atoms with E-state index in [4.69, 9.17) is 0 Å². The van der Waals surface area contributed by atoms with E-state index in [-0.39, 0.29) is 0 Å². The first-order valence-corrected chi connectivity index (χ1v) is 5.46. The van der Waals surface area contributed by atoms with E-state index in [1.54, 1.807) is 11.8 Å². The fourth-order valence-electron chi connectivity index (χ4n) is 0.775. The van der Waals surface area contributed by atoms with E-state index >= 15 is 0 Å². The van der Waals surface area contributed by atoms with E-state index in [1.807, 2.05) is 6.08 Å². The molecule has 0 spiro atoms. The number of rotatable bonds is 7. The van der Waals surface area contributed by atoms with Gasteiger partial charge in [-0.15, -0.1) is 6.58 Å². The Bertz CT molecular complexity index is 141. The smallest absolute Gasteiger partial charge is 0.142 e. The zero-order valence-corrected chi connectivity index (χ0v) is 8.82. The Balaban J connectivity index is 3.27. The number of unbranched alkanes of at least 4 members (excludes halogenated alkanes) is 1. The summed E-state index contributed by atoms with van der Waals surface area (Å²) in [5.41, 5.74) is 0. The zero-order chi connectivity index (χ0) is 9.40. The van der Waals surface area contributed by atoms with Gasteiger partial charge in [0.05, 0.1) is 5.75 Å². The van der Waals surface area contributed by atoms with Gasteiger partial charge in [-0.25, -0.2) is 0 Å². The molecule has 2 heteroatoms. The van der Waals surface area contributed by atoms with E-state index in [0.29, 0.717) is 23.2 Å². The molecule has 0 heterocycles. The number of ketones is 1. The van der Waals surface area contributed by atoms with Gasteiger partial charge >= 0.3 is 0 Å². The molecule has 0 amide bonds. The second kappa shape index (κ2) is 7.41. The second-order valence-corrected chi connectivity index (χ2v) is 4.64. The highest BCUT2D eigenvalue weighted by molar-refractivity contribution is 8.00. The average molecular weight is 186 g/mol. The van der Waals surface area contributed by atoms with Gasteiger partial charge < -0.3 is 0 Å². The van der Waals surface area contributed by atoms with Crippen LogP contribution < -0.4 is 0 Å². The van der Waals surface area contributed by atoms with Crippen LogP contribution in [0.4, 0.5) is 0 Å². The van der Waals surface area contributed by atoms with Crippen molar-refractivity contribution in [2.75, 3.05) is 5.75 Å². The molecular weight excluding hydrogens is 168 g/mol. The zero-order valence-electron chi connectivity index (χ0n) is 8.01. The molecule has 0 unspecified atom stereocenters. The molecule has 1 nitrogen and oxygen atoms in total. The van der Waals surface area contributed by atoms with Crippen molar-refractivity contribution < 1.29 is 4.79 Å². The van der Waals surface area contributed by atoms with Crippen molar-refractivity contribution in [3.63, 3.8) is 0 Å². The summed E-state index contributed by atoms with van der Waals surface area (Å²) in [6, 6.07) is 0. The lowest BCUT2D eigenvalue weighted by molar-refractivity contribution is -0.116. The maximum Gasteiger partial charge on any atom is 0.142 e. The summed E-state index contributed by atoms with van der Waals surface area (Å²) >= 11 is 1.72. The molecular formula is C10H18OS. The van der Waals surface area contributed by atoms with Gasteiger partial charge in [-0.2, -0.15) is 11.8 Å². The first-order valence-electron chi connectivity index (χ1n) is 4.41. The van der Waals surface area contributed by atoms with Gasteiger partial charge in [0.2, 0.25) is 0 Å². The first kappa shape index (κ1) is 11.8. The lowest BCUT2D eigenvalue weighted by Gasteiger charge is -2.02. The Morgan fingerprint density at radius 2 is 2.25 bits per heavy atom. The molecule has 12 heavy (non-hydrogen) atoms. The Hall–Kier alpha value is -0.240. The van der Waals surface area contributed by atoms with Crippen LogP contribution in [0.15, 0.2) is 12.7 Å². The van der Waals surface area contributed by atoms with Crippen LogP contribution in [0, 0.1) is 0 Å². The van der Waals surface area contributed by atoms with Crippen LogP contribution in [0.25, 0.3) is 0 Å². The third kappa shape index (κ3) is 7.86. The van der Waals surface area contributed by atoms with Gasteiger partial charge in [0.25, 0.3) is 0 Å². The van der Waals surface area contributed by atoms with Crippen molar-refractivity contribution in [1.29, 1.82) is 0 Å². The van der Waals surface area contributed by atoms with Gasteiger partial charge in [-0.1, -0.05) is 19.9 Å². The Morgan fingerprint density at radius 1 is 1.58 bits per heavy atom. The lowest BCUT2D eigenvalue weighted by Crippen LogP contribution is -2.03. The summed E-state index contributed by atoms with van der Waals surface area (Å²) < 4.78 is 0. The molecule has 0 atom stereocenters. The van der Waals surface area contributed by atoms with Crippen LogP contribution in [0.3, 0.4) is 0 Å². The fraction of sp³-hybridized carbons (Fsp3) is 0.700. The molecule has 0 N–H and O–H groups in total. The van der Waals surface area contributed by atoms with Crippen molar-refractivity contribution >= 4 is 17.5 Å². The topological polar surface area (TPSA) is 17.1 Å². The van der Waals surface area contributed by atoms with E-state index in [0.717, 1.165) is 12.8 Å². The molecule has 0 aliphatic rings. The standard InChI is InChI=1S/C10H18OS/c1-4-5-6-7-10(11)8-12-9(2)3/h4,9H,1,5-8H2,2-3H3. The van der Waals surface area contributed by atoms with Crippen molar-refractivity contribution in [3.05, 3.63) is 12.7 Å². The van der Waals surface area contributed by atoms with Crippen LogP contribution in [0.1, 0.15) is 33.1 Å².